The molecule has 0 spiro atoms. The van der Waals surface area contributed by atoms with Gasteiger partial charge in [-0.1, -0.05) is 23.4 Å². The molecular weight excluding hydrogens is 286 g/mol. The van der Waals surface area contributed by atoms with Crippen molar-refractivity contribution in [3.8, 4) is 5.75 Å². The SMILES string of the molecule is NCc1nnc(SCCCOc2ccc(Cl)cc2)o1. The van der Waals surface area contributed by atoms with Crippen LogP contribution in [0.25, 0.3) is 0 Å². The summed E-state index contributed by atoms with van der Waals surface area (Å²) in [7, 11) is 0. The minimum absolute atomic E-state index is 0.271. The van der Waals surface area contributed by atoms with Gasteiger partial charge in [0.05, 0.1) is 13.2 Å². The third-order valence-electron chi connectivity index (χ3n) is 2.22. The van der Waals surface area contributed by atoms with Crippen molar-refractivity contribution >= 4 is 23.4 Å². The van der Waals surface area contributed by atoms with E-state index in [2.05, 4.69) is 10.2 Å². The van der Waals surface area contributed by atoms with Gasteiger partial charge in [-0.3, -0.25) is 0 Å². The number of aromatic nitrogens is 2. The zero-order valence-corrected chi connectivity index (χ0v) is 11.8. The minimum Gasteiger partial charge on any atom is -0.494 e. The first-order valence-corrected chi connectivity index (χ1v) is 7.18. The third kappa shape index (κ3) is 4.74. The second-order valence-electron chi connectivity index (χ2n) is 3.67. The van der Waals surface area contributed by atoms with Crippen molar-refractivity contribution in [1.82, 2.24) is 10.2 Å². The van der Waals surface area contributed by atoms with Gasteiger partial charge in [-0.25, -0.2) is 0 Å². The van der Waals surface area contributed by atoms with E-state index in [4.69, 9.17) is 26.5 Å². The number of nitrogens with zero attached hydrogens (tertiary/aromatic N) is 2. The molecular formula is C12H14ClN3O2S. The molecule has 0 radical (unpaired) electrons. The first-order valence-electron chi connectivity index (χ1n) is 5.81. The zero-order valence-electron chi connectivity index (χ0n) is 10.2. The highest BCUT2D eigenvalue weighted by atomic mass is 35.5. The molecule has 2 rings (SSSR count). The Labute approximate surface area is 120 Å². The molecule has 0 amide bonds. The summed E-state index contributed by atoms with van der Waals surface area (Å²) in [6.45, 7) is 0.903. The Kier molecular flexibility index (Phi) is 5.50. The van der Waals surface area contributed by atoms with Gasteiger partial charge in [0, 0.05) is 10.8 Å². The van der Waals surface area contributed by atoms with Crippen LogP contribution < -0.4 is 10.5 Å². The summed E-state index contributed by atoms with van der Waals surface area (Å²) >= 11 is 7.28. The molecule has 0 atom stereocenters. The average Bonchev–Trinajstić information content (AvgIpc) is 2.88. The molecule has 7 heteroatoms. The largest absolute Gasteiger partial charge is 0.494 e. The molecule has 1 aromatic carbocycles. The molecule has 0 aliphatic carbocycles. The number of ether oxygens (including phenoxy) is 1. The lowest BCUT2D eigenvalue weighted by Gasteiger charge is -2.04. The van der Waals surface area contributed by atoms with E-state index >= 15 is 0 Å². The van der Waals surface area contributed by atoms with Gasteiger partial charge >= 0.3 is 0 Å². The van der Waals surface area contributed by atoms with E-state index in [9.17, 15) is 0 Å². The van der Waals surface area contributed by atoms with Gasteiger partial charge in [0.1, 0.15) is 5.75 Å². The molecule has 0 saturated heterocycles. The Morgan fingerprint density at radius 2 is 2.05 bits per heavy atom. The Hall–Kier alpha value is -1.24. The topological polar surface area (TPSA) is 74.2 Å². The fourth-order valence-electron chi connectivity index (χ4n) is 1.32. The summed E-state index contributed by atoms with van der Waals surface area (Å²) in [5.74, 6) is 2.12. The van der Waals surface area contributed by atoms with Crippen molar-refractivity contribution in [2.75, 3.05) is 12.4 Å². The van der Waals surface area contributed by atoms with Crippen LogP contribution in [0.4, 0.5) is 0 Å². The first kappa shape index (κ1) is 14.2. The first-order chi connectivity index (χ1) is 9.28. The summed E-state index contributed by atoms with van der Waals surface area (Å²) < 4.78 is 10.8. The van der Waals surface area contributed by atoms with Crippen molar-refractivity contribution in [3.63, 3.8) is 0 Å². The Bertz CT molecular complexity index is 504. The van der Waals surface area contributed by atoms with Crippen molar-refractivity contribution in [1.29, 1.82) is 0 Å². The van der Waals surface area contributed by atoms with Crippen molar-refractivity contribution in [2.24, 2.45) is 5.73 Å². The van der Waals surface area contributed by atoms with E-state index in [1.54, 1.807) is 12.1 Å². The number of benzene rings is 1. The fourth-order valence-corrected chi connectivity index (χ4v) is 2.13. The molecule has 0 fully saturated rings. The van der Waals surface area contributed by atoms with Crippen LogP contribution in [0.5, 0.6) is 5.75 Å². The maximum absolute atomic E-state index is 5.79. The lowest BCUT2D eigenvalue weighted by molar-refractivity contribution is 0.318. The van der Waals surface area contributed by atoms with E-state index in [1.165, 1.54) is 11.8 Å². The molecule has 0 unspecified atom stereocenters. The van der Waals surface area contributed by atoms with E-state index < -0.39 is 0 Å². The second kappa shape index (κ2) is 7.37. The molecule has 0 bridgehead atoms. The van der Waals surface area contributed by atoms with Crippen LogP contribution in [0.15, 0.2) is 33.9 Å². The van der Waals surface area contributed by atoms with Crippen LogP contribution >= 0.6 is 23.4 Å². The standard InChI is InChI=1S/C12H14ClN3O2S/c13-9-2-4-10(5-3-9)17-6-1-7-19-12-16-15-11(8-14)18-12/h2-5H,1,6-8,14H2. The molecule has 0 aliphatic heterocycles. The van der Waals surface area contributed by atoms with Crippen molar-refractivity contribution in [2.45, 2.75) is 18.2 Å². The number of hydrogen-bond acceptors (Lipinski definition) is 6. The van der Waals surface area contributed by atoms with Gasteiger partial charge in [-0.05, 0) is 30.7 Å². The number of hydrogen-bond donors (Lipinski definition) is 1. The van der Waals surface area contributed by atoms with Crippen LogP contribution in [0.3, 0.4) is 0 Å². The maximum atomic E-state index is 5.79. The monoisotopic (exact) mass is 299 g/mol. The highest BCUT2D eigenvalue weighted by Gasteiger charge is 2.04. The highest BCUT2D eigenvalue weighted by molar-refractivity contribution is 7.99. The second-order valence-corrected chi connectivity index (χ2v) is 5.15. The van der Waals surface area contributed by atoms with Crippen LogP contribution in [0, 0.1) is 0 Å². The van der Waals surface area contributed by atoms with Crippen LogP contribution in [-0.4, -0.2) is 22.6 Å². The van der Waals surface area contributed by atoms with Gasteiger partial charge in [-0.2, -0.15) is 0 Å². The summed E-state index contributed by atoms with van der Waals surface area (Å²) in [4.78, 5) is 0. The zero-order chi connectivity index (χ0) is 13.5. The number of nitrogens with two attached hydrogens (primary N) is 1. The van der Waals surface area contributed by atoms with Crippen LogP contribution in [0.2, 0.25) is 5.02 Å². The molecule has 0 saturated carbocycles. The summed E-state index contributed by atoms with van der Waals surface area (Å²) in [6.07, 6.45) is 0.883. The Balaban J connectivity index is 1.63. The molecule has 2 aromatic rings. The van der Waals surface area contributed by atoms with E-state index in [1.807, 2.05) is 12.1 Å². The van der Waals surface area contributed by atoms with Gasteiger partial charge in [-0.15, -0.1) is 10.2 Å². The van der Waals surface area contributed by atoms with Gasteiger partial charge in [0.25, 0.3) is 5.22 Å². The number of rotatable bonds is 7. The molecule has 2 N–H and O–H groups in total. The summed E-state index contributed by atoms with van der Waals surface area (Å²) in [5.41, 5.74) is 5.38. The van der Waals surface area contributed by atoms with E-state index in [-0.39, 0.29) is 6.54 Å². The third-order valence-corrected chi connectivity index (χ3v) is 3.38. The average molecular weight is 300 g/mol. The summed E-state index contributed by atoms with van der Waals surface area (Å²) in [6, 6.07) is 7.30. The molecule has 1 heterocycles. The lowest BCUT2D eigenvalue weighted by Crippen LogP contribution is -1.98. The molecule has 102 valence electrons. The van der Waals surface area contributed by atoms with Gasteiger partial charge < -0.3 is 14.9 Å². The number of halogens is 1. The predicted molar refractivity (Wildman–Crippen MR) is 74.5 cm³/mol. The smallest absolute Gasteiger partial charge is 0.276 e. The normalized spacial score (nSPS) is 10.6. The van der Waals surface area contributed by atoms with Crippen molar-refractivity contribution in [3.05, 3.63) is 35.2 Å². The van der Waals surface area contributed by atoms with Crippen molar-refractivity contribution < 1.29 is 9.15 Å². The van der Waals surface area contributed by atoms with Crippen LogP contribution in [0.1, 0.15) is 12.3 Å². The van der Waals surface area contributed by atoms with Crippen LogP contribution in [-0.2, 0) is 6.54 Å². The lowest BCUT2D eigenvalue weighted by atomic mass is 10.3. The number of thioether (sulfide) groups is 1. The Morgan fingerprint density at radius 3 is 2.74 bits per heavy atom. The van der Waals surface area contributed by atoms with Gasteiger partial charge in [0.15, 0.2) is 0 Å². The predicted octanol–water partition coefficient (Wildman–Crippen LogP) is 2.74. The molecule has 19 heavy (non-hydrogen) atoms. The maximum Gasteiger partial charge on any atom is 0.276 e. The quantitative estimate of drug-likeness (QED) is 0.626. The van der Waals surface area contributed by atoms with E-state index in [0.717, 1.165) is 17.9 Å². The summed E-state index contributed by atoms with van der Waals surface area (Å²) in [5, 5.41) is 8.90. The molecule has 1 aromatic heterocycles. The Morgan fingerprint density at radius 1 is 1.26 bits per heavy atom. The highest BCUT2D eigenvalue weighted by Crippen LogP contribution is 2.18. The minimum atomic E-state index is 0.271. The fraction of sp³-hybridized carbons (Fsp3) is 0.333. The molecule has 0 aliphatic rings. The molecule has 5 nitrogen and oxygen atoms in total. The van der Waals surface area contributed by atoms with E-state index in [0.29, 0.717) is 22.7 Å². The van der Waals surface area contributed by atoms with Gasteiger partial charge in [0.2, 0.25) is 5.89 Å².